The largest absolute Gasteiger partial charge is 0.392 e. The highest BCUT2D eigenvalue weighted by Gasteiger charge is 2.24. The van der Waals surface area contributed by atoms with Gasteiger partial charge in [-0.05, 0) is 30.2 Å². The highest BCUT2D eigenvalue weighted by atomic mass is 32.2. The lowest BCUT2D eigenvalue weighted by molar-refractivity contribution is -0.385. The van der Waals surface area contributed by atoms with Crippen molar-refractivity contribution in [2.24, 2.45) is 5.10 Å². The van der Waals surface area contributed by atoms with Crippen LogP contribution in [0, 0.1) is 17.0 Å². The monoisotopic (exact) mass is 403 g/mol. The minimum atomic E-state index is -4.08. The number of sulfonamides is 1. The zero-order valence-corrected chi connectivity index (χ0v) is 15.9. The number of fused-ring (bicyclic) bond motifs is 1. The maximum absolute atomic E-state index is 12.8. The van der Waals surface area contributed by atoms with Gasteiger partial charge >= 0.3 is 0 Å². The molecule has 0 fully saturated rings. The van der Waals surface area contributed by atoms with Crippen LogP contribution in [0.4, 0.5) is 5.69 Å². The zero-order chi connectivity index (χ0) is 20.5. The van der Waals surface area contributed by atoms with Gasteiger partial charge in [-0.25, -0.2) is 4.52 Å². The van der Waals surface area contributed by atoms with Gasteiger partial charge in [0, 0.05) is 30.9 Å². The van der Waals surface area contributed by atoms with E-state index >= 15 is 0 Å². The number of aromatic nitrogens is 2. The third kappa shape index (κ3) is 3.57. The molecule has 0 bridgehead atoms. The van der Waals surface area contributed by atoms with Gasteiger partial charge in [-0.2, -0.15) is 23.0 Å². The van der Waals surface area contributed by atoms with Crippen LogP contribution in [-0.4, -0.2) is 45.7 Å². The quantitative estimate of drug-likeness (QED) is 0.379. The first-order valence-corrected chi connectivity index (χ1v) is 9.53. The Hall–Kier alpha value is -3.31. The number of hydrazone groups is 1. The smallest absolute Gasteiger partial charge is 0.279 e. The summed E-state index contributed by atoms with van der Waals surface area (Å²) in [6.45, 7) is 1.41. The van der Waals surface area contributed by atoms with Crippen molar-refractivity contribution in [2.45, 2.75) is 18.4 Å². The van der Waals surface area contributed by atoms with Gasteiger partial charge in [-0.1, -0.05) is 6.07 Å². The summed E-state index contributed by atoms with van der Waals surface area (Å²) in [6.07, 6.45) is 4.51. The third-order valence-corrected chi connectivity index (χ3v) is 5.95. The summed E-state index contributed by atoms with van der Waals surface area (Å²) in [5.41, 5.74) is 1.92. The number of aliphatic hydroxyl groups excluding tert-OH is 1. The van der Waals surface area contributed by atoms with E-state index in [1.807, 2.05) is 0 Å². The number of aryl methyl sites for hydroxylation is 1. The van der Waals surface area contributed by atoms with Crippen LogP contribution in [0.2, 0.25) is 0 Å². The van der Waals surface area contributed by atoms with E-state index in [2.05, 4.69) is 10.2 Å². The summed E-state index contributed by atoms with van der Waals surface area (Å²) in [5.74, 6) is 0. The minimum Gasteiger partial charge on any atom is -0.392 e. The number of rotatable bonds is 6. The van der Waals surface area contributed by atoms with Crippen molar-refractivity contribution < 1.29 is 18.4 Å². The second-order valence-corrected chi connectivity index (χ2v) is 7.93. The van der Waals surface area contributed by atoms with Crippen molar-refractivity contribution in [1.29, 1.82) is 0 Å². The number of pyridine rings is 1. The Morgan fingerprint density at radius 3 is 2.79 bits per heavy atom. The predicted molar refractivity (Wildman–Crippen MR) is 101 cm³/mol. The molecule has 0 atom stereocenters. The van der Waals surface area contributed by atoms with Gasteiger partial charge in [0.05, 0.1) is 34.4 Å². The van der Waals surface area contributed by atoms with Crippen LogP contribution < -0.4 is 0 Å². The number of aliphatic hydroxyl groups is 1. The Morgan fingerprint density at radius 2 is 2.11 bits per heavy atom. The molecule has 2 aromatic heterocycles. The van der Waals surface area contributed by atoms with Crippen molar-refractivity contribution in [3.8, 4) is 0 Å². The molecule has 3 aromatic rings. The highest BCUT2D eigenvalue weighted by Crippen LogP contribution is 2.24. The molecule has 28 heavy (non-hydrogen) atoms. The minimum absolute atomic E-state index is 0.140. The summed E-state index contributed by atoms with van der Waals surface area (Å²) in [7, 11) is -2.84. The fourth-order valence-electron chi connectivity index (χ4n) is 2.57. The lowest BCUT2D eigenvalue weighted by Crippen LogP contribution is -2.22. The van der Waals surface area contributed by atoms with Gasteiger partial charge in [0.1, 0.15) is 0 Å². The van der Waals surface area contributed by atoms with E-state index in [0.29, 0.717) is 22.2 Å². The first-order chi connectivity index (χ1) is 13.2. The lowest BCUT2D eigenvalue weighted by Gasteiger charge is -2.15. The number of nitro benzene ring substituents is 1. The van der Waals surface area contributed by atoms with E-state index in [4.69, 9.17) is 0 Å². The Balaban J connectivity index is 1.95. The first kappa shape index (κ1) is 19.5. The summed E-state index contributed by atoms with van der Waals surface area (Å²) in [4.78, 5) is 10.1. The number of nitro groups is 1. The molecule has 0 spiro atoms. The maximum Gasteiger partial charge on any atom is 0.279 e. The van der Waals surface area contributed by atoms with Gasteiger partial charge < -0.3 is 5.11 Å². The van der Waals surface area contributed by atoms with Crippen molar-refractivity contribution in [3.63, 3.8) is 0 Å². The molecular formula is C17H17N5O5S. The van der Waals surface area contributed by atoms with E-state index in [0.717, 1.165) is 10.5 Å². The van der Waals surface area contributed by atoms with Crippen LogP contribution >= 0.6 is 0 Å². The van der Waals surface area contributed by atoms with Gasteiger partial charge in [0.2, 0.25) is 0 Å². The van der Waals surface area contributed by atoms with Crippen LogP contribution in [0.5, 0.6) is 0 Å². The molecule has 1 N–H and O–H groups in total. The van der Waals surface area contributed by atoms with Gasteiger partial charge in [-0.15, -0.1) is 0 Å². The molecule has 1 aromatic carbocycles. The molecule has 0 aliphatic carbocycles. The van der Waals surface area contributed by atoms with Gasteiger partial charge in [0.25, 0.3) is 15.7 Å². The Labute approximate surface area is 160 Å². The third-order valence-electron chi connectivity index (χ3n) is 4.17. The summed E-state index contributed by atoms with van der Waals surface area (Å²) >= 11 is 0. The molecule has 3 rings (SSSR count). The molecule has 0 radical (unpaired) electrons. The normalized spacial score (nSPS) is 12.0. The van der Waals surface area contributed by atoms with Crippen LogP contribution in [0.1, 0.15) is 16.7 Å². The Kier molecular flexibility index (Phi) is 5.12. The van der Waals surface area contributed by atoms with Crippen LogP contribution in [0.25, 0.3) is 5.52 Å². The van der Waals surface area contributed by atoms with Crippen LogP contribution in [0.3, 0.4) is 0 Å². The van der Waals surface area contributed by atoms with E-state index in [9.17, 15) is 23.6 Å². The average Bonchev–Trinajstić information content (AvgIpc) is 3.08. The van der Waals surface area contributed by atoms with Crippen LogP contribution in [0.15, 0.2) is 52.7 Å². The van der Waals surface area contributed by atoms with Crippen molar-refractivity contribution in [1.82, 2.24) is 14.0 Å². The number of benzene rings is 1. The highest BCUT2D eigenvalue weighted by molar-refractivity contribution is 7.89. The molecule has 0 unspecified atom stereocenters. The van der Waals surface area contributed by atoms with E-state index < -0.39 is 14.9 Å². The Morgan fingerprint density at radius 1 is 1.36 bits per heavy atom. The molecular weight excluding hydrogens is 386 g/mol. The predicted octanol–water partition coefficient (Wildman–Crippen LogP) is 1.70. The molecule has 0 aliphatic heterocycles. The summed E-state index contributed by atoms with van der Waals surface area (Å²) in [5, 5.41) is 28.3. The fraction of sp³-hybridized carbons (Fsp3) is 0.176. The second-order valence-electron chi connectivity index (χ2n) is 6.01. The molecule has 2 heterocycles. The summed E-state index contributed by atoms with van der Waals surface area (Å²) < 4.78 is 27.9. The molecule has 0 aliphatic rings. The van der Waals surface area contributed by atoms with E-state index in [1.165, 1.54) is 31.6 Å². The molecule has 10 nitrogen and oxygen atoms in total. The number of hydrogen-bond donors (Lipinski definition) is 1. The van der Waals surface area contributed by atoms with Crippen molar-refractivity contribution in [3.05, 3.63) is 69.5 Å². The molecule has 11 heteroatoms. The van der Waals surface area contributed by atoms with Crippen molar-refractivity contribution in [2.75, 3.05) is 7.05 Å². The second kappa shape index (κ2) is 7.37. The molecule has 146 valence electrons. The number of non-ortho nitro benzene ring substituents is 1. The molecule has 0 saturated heterocycles. The summed E-state index contributed by atoms with van der Waals surface area (Å²) in [6, 6.07) is 7.06. The lowest BCUT2D eigenvalue weighted by atomic mass is 10.2. The Bertz CT molecular complexity index is 1190. The maximum atomic E-state index is 12.8. The standard InChI is InChI=1S/C17H17N5O5S/c1-12-3-4-15(22(24)25)8-17(12)28(26,27)20(2)18-9-14-10-19-21-6-5-13(11-23)7-16(14)21/h3-10,23H,11H2,1-2H3/b18-9+. The SMILES string of the molecule is Cc1ccc([N+](=O)[O-])cc1S(=O)(=O)N(C)/N=C/c1cnn2ccc(CO)cc12. The number of hydrogen-bond acceptors (Lipinski definition) is 7. The van der Waals surface area contributed by atoms with E-state index in [1.54, 1.807) is 29.8 Å². The molecule has 0 saturated carbocycles. The zero-order valence-electron chi connectivity index (χ0n) is 15.1. The first-order valence-electron chi connectivity index (χ1n) is 8.09. The topological polar surface area (TPSA) is 130 Å². The van der Waals surface area contributed by atoms with Crippen molar-refractivity contribution >= 4 is 27.4 Å². The van der Waals surface area contributed by atoms with Crippen LogP contribution in [-0.2, 0) is 16.6 Å². The average molecular weight is 403 g/mol. The van der Waals surface area contributed by atoms with Gasteiger partial charge in [-0.3, -0.25) is 10.1 Å². The van der Waals surface area contributed by atoms with Gasteiger partial charge in [0.15, 0.2) is 0 Å². The fourth-order valence-corrected chi connectivity index (χ4v) is 3.77. The number of nitrogens with zero attached hydrogens (tertiary/aromatic N) is 5. The molecule has 0 amide bonds. The van der Waals surface area contributed by atoms with E-state index in [-0.39, 0.29) is 17.2 Å².